The monoisotopic (exact) mass is 330 g/mol. The minimum Gasteiger partial charge on any atom is -0.472 e. The minimum absolute atomic E-state index is 0.185. The molecule has 0 saturated carbocycles. The SMILES string of the molecule is Cc1cc(C)c(NC(=O)C(=O)NCCC(O)c2ccoc2)c(C)c1. The van der Waals surface area contributed by atoms with Crippen LogP contribution in [0.1, 0.15) is 34.8 Å². The Balaban J connectivity index is 1.86. The van der Waals surface area contributed by atoms with Gasteiger partial charge in [-0.3, -0.25) is 9.59 Å². The lowest BCUT2D eigenvalue weighted by Gasteiger charge is -2.13. The van der Waals surface area contributed by atoms with Gasteiger partial charge in [0.1, 0.15) is 0 Å². The quantitative estimate of drug-likeness (QED) is 0.734. The highest BCUT2D eigenvalue weighted by atomic mass is 16.3. The van der Waals surface area contributed by atoms with E-state index < -0.39 is 17.9 Å². The van der Waals surface area contributed by atoms with Crippen molar-refractivity contribution in [2.75, 3.05) is 11.9 Å². The van der Waals surface area contributed by atoms with E-state index in [0.717, 1.165) is 16.7 Å². The summed E-state index contributed by atoms with van der Waals surface area (Å²) >= 11 is 0. The number of hydrogen-bond acceptors (Lipinski definition) is 4. The van der Waals surface area contributed by atoms with Crippen molar-refractivity contribution in [1.82, 2.24) is 5.32 Å². The summed E-state index contributed by atoms with van der Waals surface area (Å²) in [4.78, 5) is 23.9. The smallest absolute Gasteiger partial charge is 0.313 e. The molecule has 24 heavy (non-hydrogen) atoms. The zero-order valence-electron chi connectivity index (χ0n) is 14.1. The van der Waals surface area contributed by atoms with Gasteiger partial charge in [0.25, 0.3) is 0 Å². The second-order valence-corrected chi connectivity index (χ2v) is 5.84. The zero-order valence-corrected chi connectivity index (χ0v) is 14.1. The third-order valence-electron chi connectivity index (χ3n) is 3.75. The third-order valence-corrected chi connectivity index (χ3v) is 3.75. The van der Waals surface area contributed by atoms with Crippen LogP contribution < -0.4 is 10.6 Å². The Morgan fingerprint density at radius 3 is 2.42 bits per heavy atom. The van der Waals surface area contributed by atoms with Crippen LogP contribution in [0.3, 0.4) is 0 Å². The van der Waals surface area contributed by atoms with Crippen LogP contribution in [0, 0.1) is 20.8 Å². The molecule has 2 rings (SSSR count). The Labute approximate surface area is 140 Å². The van der Waals surface area contributed by atoms with Gasteiger partial charge in [-0.25, -0.2) is 0 Å². The molecule has 0 aliphatic heterocycles. The topological polar surface area (TPSA) is 91.6 Å². The Hall–Kier alpha value is -2.60. The number of benzene rings is 1. The number of hydrogen-bond donors (Lipinski definition) is 3. The lowest BCUT2D eigenvalue weighted by Crippen LogP contribution is -2.36. The molecule has 0 aliphatic rings. The Kier molecular flexibility index (Phi) is 5.76. The molecule has 3 N–H and O–H groups in total. The predicted molar refractivity (Wildman–Crippen MR) is 90.6 cm³/mol. The summed E-state index contributed by atoms with van der Waals surface area (Å²) in [6.07, 6.45) is 2.47. The van der Waals surface area contributed by atoms with Gasteiger partial charge in [-0.1, -0.05) is 17.7 Å². The van der Waals surface area contributed by atoms with Gasteiger partial charge in [0, 0.05) is 17.8 Å². The second-order valence-electron chi connectivity index (χ2n) is 5.84. The average Bonchev–Trinajstić information content (AvgIpc) is 3.04. The summed E-state index contributed by atoms with van der Waals surface area (Å²) in [6.45, 7) is 5.93. The van der Waals surface area contributed by atoms with Crippen LogP contribution in [-0.4, -0.2) is 23.5 Å². The number of anilines is 1. The largest absolute Gasteiger partial charge is 0.472 e. The van der Waals surface area contributed by atoms with E-state index in [9.17, 15) is 14.7 Å². The summed E-state index contributed by atoms with van der Waals surface area (Å²) in [7, 11) is 0. The molecule has 1 aromatic heterocycles. The number of amides is 2. The Bertz CT molecular complexity index is 700. The van der Waals surface area contributed by atoms with Gasteiger partial charge < -0.3 is 20.2 Å². The van der Waals surface area contributed by atoms with Crippen LogP contribution in [0.4, 0.5) is 5.69 Å². The highest BCUT2D eigenvalue weighted by Crippen LogP contribution is 2.21. The second kappa shape index (κ2) is 7.79. The van der Waals surface area contributed by atoms with Gasteiger partial charge in [-0.05, 0) is 44.4 Å². The summed E-state index contributed by atoms with van der Waals surface area (Å²) < 4.78 is 4.89. The van der Waals surface area contributed by atoms with Crippen molar-refractivity contribution >= 4 is 17.5 Å². The predicted octanol–water partition coefficient (Wildman–Crippen LogP) is 2.38. The summed E-state index contributed by atoms with van der Waals surface area (Å²) in [5.74, 6) is -1.45. The molecular formula is C18H22N2O4. The molecule has 1 atom stereocenters. The maximum absolute atomic E-state index is 12.0. The van der Waals surface area contributed by atoms with Crippen molar-refractivity contribution in [2.24, 2.45) is 0 Å². The van der Waals surface area contributed by atoms with Gasteiger partial charge in [0.2, 0.25) is 0 Å². The average molecular weight is 330 g/mol. The molecule has 0 spiro atoms. The molecule has 2 aromatic rings. The van der Waals surface area contributed by atoms with Crippen molar-refractivity contribution in [3.05, 3.63) is 53.0 Å². The van der Waals surface area contributed by atoms with E-state index >= 15 is 0 Å². The first-order valence-corrected chi connectivity index (χ1v) is 7.75. The van der Waals surface area contributed by atoms with E-state index in [4.69, 9.17) is 4.42 Å². The molecule has 2 amide bonds. The highest BCUT2D eigenvalue weighted by Gasteiger charge is 2.16. The molecule has 0 radical (unpaired) electrons. The molecule has 1 heterocycles. The molecule has 0 aliphatic carbocycles. The standard InChI is InChI=1S/C18H22N2O4/c1-11-8-12(2)16(13(3)9-11)20-18(23)17(22)19-6-4-15(21)14-5-7-24-10-14/h5,7-10,15,21H,4,6H2,1-3H3,(H,19,22)(H,20,23). The van der Waals surface area contributed by atoms with Crippen molar-refractivity contribution in [3.63, 3.8) is 0 Å². The minimum atomic E-state index is -0.742. The molecular weight excluding hydrogens is 308 g/mol. The van der Waals surface area contributed by atoms with Crippen molar-refractivity contribution in [2.45, 2.75) is 33.3 Å². The van der Waals surface area contributed by atoms with E-state index in [-0.39, 0.29) is 6.54 Å². The molecule has 0 fully saturated rings. The number of rotatable bonds is 5. The number of furan rings is 1. The van der Waals surface area contributed by atoms with E-state index in [1.54, 1.807) is 6.07 Å². The first-order valence-electron chi connectivity index (χ1n) is 7.75. The lowest BCUT2D eigenvalue weighted by atomic mass is 10.1. The van der Waals surface area contributed by atoms with E-state index in [0.29, 0.717) is 17.7 Å². The van der Waals surface area contributed by atoms with Gasteiger partial charge in [0.05, 0.1) is 18.6 Å². The Morgan fingerprint density at radius 2 is 1.83 bits per heavy atom. The number of nitrogens with one attached hydrogen (secondary N) is 2. The molecule has 0 bridgehead atoms. The van der Waals surface area contributed by atoms with Crippen LogP contribution in [-0.2, 0) is 9.59 Å². The van der Waals surface area contributed by atoms with Crippen molar-refractivity contribution < 1.29 is 19.1 Å². The highest BCUT2D eigenvalue weighted by molar-refractivity contribution is 6.39. The molecule has 6 heteroatoms. The molecule has 1 unspecified atom stereocenters. The van der Waals surface area contributed by atoms with E-state index in [2.05, 4.69) is 10.6 Å². The lowest BCUT2D eigenvalue weighted by molar-refractivity contribution is -0.136. The number of aliphatic hydroxyl groups excluding tert-OH is 1. The van der Waals surface area contributed by atoms with Crippen LogP contribution >= 0.6 is 0 Å². The molecule has 128 valence electrons. The van der Waals surface area contributed by atoms with Gasteiger partial charge >= 0.3 is 11.8 Å². The molecule has 6 nitrogen and oxygen atoms in total. The zero-order chi connectivity index (χ0) is 17.7. The maximum Gasteiger partial charge on any atom is 0.313 e. The number of carbonyl (C=O) groups is 2. The normalized spacial score (nSPS) is 11.8. The molecule has 0 saturated heterocycles. The molecule has 1 aromatic carbocycles. The van der Waals surface area contributed by atoms with Crippen LogP contribution in [0.2, 0.25) is 0 Å². The van der Waals surface area contributed by atoms with E-state index in [1.807, 2.05) is 32.9 Å². The van der Waals surface area contributed by atoms with Crippen molar-refractivity contribution in [1.29, 1.82) is 0 Å². The van der Waals surface area contributed by atoms with Crippen LogP contribution in [0.15, 0.2) is 35.1 Å². The van der Waals surface area contributed by atoms with Crippen LogP contribution in [0.5, 0.6) is 0 Å². The fourth-order valence-electron chi connectivity index (χ4n) is 2.58. The fraction of sp³-hybridized carbons (Fsp3) is 0.333. The van der Waals surface area contributed by atoms with Gasteiger partial charge in [0.15, 0.2) is 0 Å². The summed E-state index contributed by atoms with van der Waals surface area (Å²) in [5.41, 5.74) is 4.20. The van der Waals surface area contributed by atoms with Gasteiger partial charge in [-0.15, -0.1) is 0 Å². The van der Waals surface area contributed by atoms with Gasteiger partial charge in [-0.2, -0.15) is 0 Å². The number of aryl methyl sites for hydroxylation is 3. The van der Waals surface area contributed by atoms with Crippen molar-refractivity contribution in [3.8, 4) is 0 Å². The number of aliphatic hydroxyl groups is 1. The first kappa shape index (κ1) is 17.7. The summed E-state index contributed by atoms with van der Waals surface area (Å²) in [6, 6.07) is 5.55. The Morgan fingerprint density at radius 1 is 1.17 bits per heavy atom. The first-order chi connectivity index (χ1) is 11.4. The van der Waals surface area contributed by atoms with Crippen LogP contribution in [0.25, 0.3) is 0 Å². The fourth-order valence-corrected chi connectivity index (χ4v) is 2.58. The number of carbonyl (C=O) groups excluding carboxylic acids is 2. The third kappa shape index (κ3) is 4.45. The summed E-state index contributed by atoms with van der Waals surface area (Å²) in [5, 5.41) is 15.0. The van der Waals surface area contributed by atoms with E-state index in [1.165, 1.54) is 12.5 Å². The maximum atomic E-state index is 12.0.